The largest absolute Gasteiger partial charge is 0.350 e. The zero-order valence-corrected chi connectivity index (χ0v) is 8.98. The van der Waals surface area contributed by atoms with Crippen LogP contribution in [0.3, 0.4) is 0 Å². The highest BCUT2D eigenvalue weighted by molar-refractivity contribution is 5.28. The molecular weight excluding hydrogens is 224 g/mol. The molecule has 2 rings (SSSR count). The molecule has 1 aromatic heterocycles. The molecule has 5 heteroatoms. The fraction of sp³-hybridized carbons (Fsp3) is 0.167. The highest BCUT2D eigenvalue weighted by Gasteiger charge is 2.05. The van der Waals surface area contributed by atoms with Gasteiger partial charge in [0.25, 0.3) is 6.43 Å². The van der Waals surface area contributed by atoms with Gasteiger partial charge in [-0.25, -0.2) is 18.7 Å². The molecule has 0 aliphatic carbocycles. The summed E-state index contributed by atoms with van der Waals surface area (Å²) in [6, 6.07) is 7.90. The second-order valence-electron chi connectivity index (χ2n) is 3.47. The van der Waals surface area contributed by atoms with Gasteiger partial charge in [0.2, 0.25) is 5.95 Å². The first-order valence-corrected chi connectivity index (χ1v) is 5.13. The van der Waals surface area contributed by atoms with Gasteiger partial charge in [-0.15, -0.1) is 0 Å². The lowest BCUT2D eigenvalue weighted by molar-refractivity contribution is 0.151. The quantitative estimate of drug-likeness (QED) is 0.885. The van der Waals surface area contributed by atoms with Crippen molar-refractivity contribution in [1.29, 1.82) is 0 Å². The van der Waals surface area contributed by atoms with Crippen molar-refractivity contribution in [2.75, 3.05) is 5.32 Å². The molecule has 0 saturated heterocycles. The van der Waals surface area contributed by atoms with E-state index in [2.05, 4.69) is 15.3 Å². The van der Waals surface area contributed by atoms with E-state index in [0.717, 1.165) is 5.56 Å². The van der Waals surface area contributed by atoms with Crippen LogP contribution in [0.5, 0.6) is 0 Å². The van der Waals surface area contributed by atoms with E-state index in [1.54, 1.807) is 30.6 Å². The number of rotatable bonds is 4. The van der Waals surface area contributed by atoms with Crippen molar-refractivity contribution in [3.8, 4) is 0 Å². The Morgan fingerprint density at radius 1 is 1.06 bits per heavy atom. The van der Waals surface area contributed by atoms with Gasteiger partial charge < -0.3 is 5.32 Å². The van der Waals surface area contributed by atoms with Gasteiger partial charge in [-0.3, -0.25) is 0 Å². The topological polar surface area (TPSA) is 37.8 Å². The van der Waals surface area contributed by atoms with Crippen molar-refractivity contribution < 1.29 is 8.78 Å². The zero-order chi connectivity index (χ0) is 12.1. The molecule has 1 N–H and O–H groups in total. The first-order valence-electron chi connectivity index (χ1n) is 5.13. The first-order chi connectivity index (χ1) is 8.25. The monoisotopic (exact) mass is 235 g/mol. The maximum Gasteiger partial charge on any atom is 0.263 e. The van der Waals surface area contributed by atoms with E-state index in [4.69, 9.17) is 0 Å². The number of nitrogens with one attached hydrogen (secondary N) is 1. The fourth-order valence-corrected chi connectivity index (χ4v) is 1.35. The fourth-order valence-electron chi connectivity index (χ4n) is 1.35. The SMILES string of the molecule is FC(F)c1ccc(CNc2ncccn2)cc1. The molecular formula is C12H11F2N3. The summed E-state index contributed by atoms with van der Waals surface area (Å²) in [6.45, 7) is 0.507. The van der Waals surface area contributed by atoms with Gasteiger partial charge >= 0.3 is 0 Å². The van der Waals surface area contributed by atoms with E-state index in [1.165, 1.54) is 12.1 Å². The Morgan fingerprint density at radius 3 is 2.29 bits per heavy atom. The number of aromatic nitrogens is 2. The van der Waals surface area contributed by atoms with Gasteiger partial charge in [0.1, 0.15) is 0 Å². The number of anilines is 1. The minimum atomic E-state index is -2.42. The predicted molar refractivity (Wildman–Crippen MR) is 60.8 cm³/mol. The normalized spacial score (nSPS) is 10.5. The molecule has 2 aromatic rings. The summed E-state index contributed by atoms with van der Waals surface area (Å²) in [7, 11) is 0. The number of hydrogen-bond acceptors (Lipinski definition) is 3. The van der Waals surface area contributed by atoms with E-state index in [0.29, 0.717) is 12.5 Å². The van der Waals surface area contributed by atoms with Crippen molar-refractivity contribution in [3.63, 3.8) is 0 Å². The third kappa shape index (κ3) is 3.21. The summed E-state index contributed by atoms with van der Waals surface area (Å²) in [6.07, 6.45) is 0.847. The van der Waals surface area contributed by atoms with Crippen molar-refractivity contribution in [2.45, 2.75) is 13.0 Å². The molecule has 0 spiro atoms. The van der Waals surface area contributed by atoms with Crippen molar-refractivity contribution in [1.82, 2.24) is 9.97 Å². The number of nitrogens with zero attached hydrogens (tertiary/aromatic N) is 2. The third-order valence-electron chi connectivity index (χ3n) is 2.25. The highest BCUT2D eigenvalue weighted by Crippen LogP contribution is 2.18. The van der Waals surface area contributed by atoms with E-state index >= 15 is 0 Å². The Balaban J connectivity index is 1.96. The number of hydrogen-bond donors (Lipinski definition) is 1. The zero-order valence-electron chi connectivity index (χ0n) is 8.98. The molecule has 1 aromatic carbocycles. The molecule has 0 aliphatic heterocycles. The maximum absolute atomic E-state index is 12.3. The summed E-state index contributed by atoms with van der Waals surface area (Å²) in [4.78, 5) is 7.99. The van der Waals surface area contributed by atoms with Gasteiger partial charge in [0, 0.05) is 24.5 Å². The summed E-state index contributed by atoms with van der Waals surface area (Å²) in [5.74, 6) is 0.519. The van der Waals surface area contributed by atoms with Gasteiger partial charge in [-0.05, 0) is 11.6 Å². The predicted octanol–water partition coefficient (Wildman–Crippen LogP) is 3.03. The molecule has 0 radical (unpaired) electrons. The van der Waals surface area contributed by atoms with Crippen LogP contribution in [0.25, 0.3) is 0 Å². The second-order valence-corrected chi connectivity index (χ2v) is 3.47. The standard InChI is InChI=1S/C12H11F2N3/c13-11(14)10-4-2-9(3-5-10)8-17-12-15-6-1-7-16-12/h1-7,11H,8H2,(H,15,16,17). The Morgan fingerprint density at radius 2 is 1.71 bits per heavy atom. The molecule has 0 unspecified atom stereocenters. The minimum absolute atomic E-state index is 0.0321. The Labute approximate surface area is 97.5 Å². The van der Waals surface area contributed by atoms with Gasteiger partial charge in [-0.1, -0.05) is 24.3 Å². The summed E-state index contributed by atoms with van der Waals surface area (Å²) in [5.41, 5.74) is 0.937. The maximum atomic E-state index is 12.3. The molecule has 17 heavy (non-hydrogen) atoms. The average Bonchev–Trinajstić information content (AvgIpc) is 2.38. The lowest BCUT2D eigenvalue weighted by Gasteiger charge is -2.05. The van der Waals surface area contributed by atoms with Crippen molar-refractivity contribution in [3.05, 3.63) is 53.9 Å². The van der Waals surface area contributed by atoms with E-state index in [1.807, 2.05) is 0 Å². The Kier molecular flexibility index (Phi) is 3.59. The molecule has 0 saturated carbocycles. The molecule has 0 bridgehead atoms. The van der Waals surface area contributed by atoms with Crippen LogP contribution in [-0.4, -0.2) is 9.97 Å². The molecule has 0 aliphatic rings. The van der Waals surface area contributed by atoms with E-state index < -0.39 is 6.43 Å². The van der Waals surface area contributed by atoms with Crippen molar-refractivity contribution in [2.24, 2.45) is 0 Å². The molecule has 0 amide bonds. The Bertz CT molecular complexity index is 457. The smallest absolute Gasteiger partial charge is 0.263 e. The minimum Gasteiger partial charge on any atom is -0.350 e. The van der Waals surface area contributed by atoms with Crippen LogP contribution in [-0.2, 0) is 6.54 Å². The number of halogens is 2. The van der Waals surface area contributed by atoms with Crippen LogP contribution in [0.2, 0.25) is 0 Å². The van der Waals surface area contributed by atoms with Crippen molar-refractivity contribution >= 4 is 5.95 Å². The van der Waals surface area contributed by atoms with Crippen LogP contribution in [0.4, 0.5) is 14.7 Å². The van der Waals surface area contributed by atoms with Crippen LogP contribution in [0.15, 0.2) is 42.7 Å². The number of alkyl halides is 2. The molecule has 1 heterocycles. The lowest BCUT2D eigenvalue weighted by atomic mass is 10.1. The van der Waals surface area contributed by atoms with Gasteiger partial charge in [0.15, 0.2) is 0 Å². The Hall–Kier alpha value is -2.04. The van der Waals surface area contributed by atoms with E-state index in [-0.39, 0.29) is 5.56 Å². The number of benzene rings is 1. The van der Waals surface area contributed by atoms with Crippen LogP contribution >= 0.6 is 0 Å². The second kappa shape index (κ2) is 5.34. The van der Waals surface area contributed by atoms with Crippen LogP contribution < -0.4 is 5.32 Å². The lowest BCUT2D eigenvalue weighted by Crippen LogP contribution is -2.02. The molecule has 88 valence electrons. The summed E-state index contributed by atoms with van der Waals surface area (Å²) >= 11 is 0. The summed E-state index contributed by atoms with van der Waals surface area (Å²) < 4.78 is 24.6. The third-order valence-corrected chi connectivity index (χ3v) is 2.25. The van der Waals surface area contributed by atoms with Crippen LogP contribution in [0, 0.1) is 0 Å². The first kappa shape index (κ1) is 11.4. The summed E-state index contributed by atoms with van der Waals surface area (Å²) in [5, 5.41) is 3.00. The molecule has 0 atom stereocenters. The van der Waals surface area contributed by atoms with Gasteiger partial charge in [-0.2, -0.15) is 0 Å². The average molecular weight is 235 g/mol. The highest BCUT2D eigenvalue weighted by atomic mass is 19.3. The van der Waals surface area contributed by atoms with E-state index in [9.17, 15) is 8.78 Å². The van der Waals surface area contributed by atoms with Crippen LogP contribution in [0.1, 0.15) is 17.6 Å². The molecule has 3 nitrogen and oxygen atoms in total. The van der Waals surface area contributed by atoms with Gasteiger partial charge in [0.05, 0.1) is 0 Å². The molecule has 0 fully saturated rings.